The maximum atomic E-state index is 13.1. The Hall–Kier alpha value is -3.07. The summed E-state index contributed by atoms with van der Waals surface area (Å²) in [6.07, 6.45) is -4.55. The van der Waals surface area contributed by atoms with Crippen molar-refractivity contribution in [2.75, 3.05) is 31.9 Å². The summed E-state index contributed by atoms with van der Waals surface area (Å²) in [5.41, 5.74) is 5.53. The number of piperazine rings is 1. The summed E-state index contributed by atoms with van der Waals surface area (Å²) in [7, 11) is 0. The molecule has 2 aromatic carbocycles. The molecule has 1 fully saturated rings. The average Bonchev–Trinajstić information content (AvgIpc) is 2.73. The van der Waals surface area contributed by atoms with E-state index in [4.69, 9.17) is 5.73 Å². The predicted octanol–water partition coefficient (Wildman–Crippen LogP) is 3.30. The highest BCUT2D eigenvalue weighted by Crippen LogP contribution is 2.29. The molecule has 2 amide bonds. The zero-order valence-corrected chi connectivity index (χ0v) is 18.1. The van der Waals surface area contributed by atoms with Crippen LogP contribution in [0.25, 0.3) is 0 Å². The fourth-order valence-corrected chi connectivity index (χ4v) is 3.41. The Kier molecular flexibility index (Phi) is 6.78. The van der Waals surface area contributed by atoms with Gasteiger partial charge in [0.05, 0.1) is 0 Å². The summed E-state index contributed by atoms with van der Waals surface area (Å²) in [5.74, 6) is -0.816. The second kappa shape index (κ2) is 9.20. The van der Waals surface area contributed by atoms with Crippen molar-refractivity contribution in [1.29, 1.82) is 0 Å². The number of alkyl halides is 3. The molecule has 172 valence electrons. The van der Waals surface area contributed by atoms with Crippen molar-refractivity contribution in [3.63, 3.8) is 0 Å². The van der Waals surface area contributed by atoms with E-state index in [0.717, 1.165) is 19.4 Å². The Morgan fingerprint density at radius 1 is 0.969 bits per heavy atom. The van der Waals surface area contributed by atoms with Crippen molar-refractivity contribution in [3.05, 3.63) is 65.2 Å². The Balaban J connectivity index is 1.57. The number of halogens is 3. The molecule has 0 radical (unpaired) electrons. The second-order valence-electron chi connectivity index (χ2n) is 8.47. The van der Waals surface area contributed by atoms with Gasteiger partial charge < -0.3 is 16.0 Å². The number of nitrogens with two attached hydrogens (primary N) is 1. The zero-order valence-electron chi connectivity index (χ0n) is 18.1. The van der Waals surface area contributed by atoms with E-state index < -0.39 is 17.6 Å². The van der Waals surface area contributed by atoms with Gasteiger partial charge in [0.1, 0.15) is 5.54 Å². The lowest BCUT2D eigenvalue weighted by atomic mass is 10.0. The standard InChI is InChI=1S/C23H27F3N4O2/c1-22(2,23(24,25)26)28-20(31)18-5-3-4-16(14-18)15-29-10-12-30(13-11-29)21(32)17-6-8-19(27)9-7-17/h3-9,14H,10-13,15,27H2,1-2H3,(H,28,31). The Morgan fingerprint density at radius 2 is 1.59 bits per heavy atom. The Bertz CT molecular complexity index is 966. The van der Waals surface area contributed by atoms with E-state index in [1.165, 1.54) is 6.07 Å². The summed E-state index contributed by atoms with van der Waals surface area (Å²) >= 11 is 0. The van der Waals surface area contributed by atoms with Crippen LogP contribution in [0.5, 0.6) is 0 Å². The third-order valence-electron chi connectivity index (χ3n) is 5.55. The molecular formula is C23H27F3N4O2. The topological polar surface area (TPSA) is 78.7 Å². The van der Waals surface area contributed by atoms with Gasteiger partial charge in [0.2, 0.25) is 0 Å². The van der Waals surface area contributed by atoms with Crippen LogP contribution in [0.15, 0.2) is 48.5 Å². The number of amides is 2. The van der Waals surface area contributed by atoms with Gasteiger partial charge in [-0.15, -0.1) is 0 Å². The summed E-state index contributed by atoms with van der Waals surface area (Å²) in [4.78, 5) is 28.9. The lowest BCUT2D eigenvalue weighted by Crippen LogP contribution is -2.54. The van der Waals surface area contributed by atoms with Gasteiger partial charge in [-0.2, -0.15) is 13.2 Å². The van der Waals surface area contributed by atoms with Gasteiger partial charge in [-0.25, -0.2) is 0 Å². The first-order chi connectivity index (χ1) is 15.0. The SMILES string of the molecule is CC(C)(NC(=O)c1cccc(CN2CCN(C(=O)c3ccc(N)cc3)CC2)c1)C(F)(F)F. The van der Waals surface area contributed by atoms with E-state index in [2.05, 4.69) is 10.2 Å². The van der Waals surface area contributed by atoms with E-state index in [0.29, 0.717) is 44.0 Å². The number of hydrogen-bond donors (Lipinski definition) is 2. The minimum atomic E-state index is -4.55. The lowest BCUT2D eigenvalue weighted by Gasteiger charge is -2.35. The fraction of sp³-hybridized carbons (Fsp3) is 0.391. The van der Waals surface area contributed by atoms with E-state index in [-0.39, 0.29) is 11.5 Å². The number of nitrogen functional groups attached to an aromatic ring is 1. The van der Waals surface area contributed by atoms with Gasteiger partial charge in [-0.05, 0) is 55.8 Å². The molecule has 3 rings (SSSR count). The summed E-state index contributed by atoms with van der Waals surface area (Å²) < 4.78 is 39.2. The summed E-state index contributed by atoms with van der Waals surface area (Å²) in [6.45, 7) is 4.82. The number of carbonyl (C=O) groups is 2. The van der Waals surface area contributed by atoms with Crippen LogP contribution >= 0.6 is 0 Å². The maximum absolute atomic E-state index is 13.1. The van der Waals surface area contributed by atoms with Crippen LogP contribution in [0, 0.1) is 0 Å². The molecule has 1 saturated heterocycles. The van der Waals surface area contributed by atoms with E-state index in [9.17, 15) is 22.8 Å². The average molecular weight is 448 g/mol. The van der Waals surface area contributed by atoms with Crippen LogP contribution < -0.4 is 11.1 Å². The molecule has 0 bridgehead atoms. The molecule has 9 heteroatoms. The van der Waals surface area contributed by atoms with Gasteiger partial charge in [0.25, 0.3) is 11.8 Å². The van der Waals surface area contributed by atoms with Crippen molar-refractivity contribution in [2.45, 2.75) is 32.1 Å². The number of benzene rings is 2. The number of carbonyl (C=O) groups excluding carboxylic acids is 2. The molecule has 1 heterocycles. The molecule has 3 N–H and O–H groups in total. The van der Waals surface area contributed by atoms with Crippen molar-refractivity contribution < 1.29 is 22.8 Å². The van der Waals surface area contributed by atoms with Crippen molar-refractivity contribution in [3.8, 4) is 0 Å². The highest BCUT2D eigenvalue weighted by atomic mass is 19.4. The monoisotopic (exact) mass is 448 g/mol. The van der Waals surface area contributed by atoms with E-state index in [1.807, 2.05) is 6.07 Å². The first-order valence-corrected chi connectivity index (χ1v) is 10.3. The first-order valence-electron chi connectivity index (χ1n) is 10.3. The minimum Gasteiger partial charge on any atom is -0.399 e. The zero-order chi connectivity index (χ0) is 23.5. The highest BCUT2D eigenvalue weighted by Gasteiger charge is 2.48. The van der Waals surface area contributed by atoms with Crippen molar-refractivity contribution in [2.24, 2.45) is 0 Å². The molecule has 2 aromatic rings. The molecular weight excluding hydrogens is 421 g/mol. The number of rotatable bonds is 5. The van der Waals surface area contributed by atoms with E-state index >= 15 is 0 Å². The molecule has 6 nitrogen and oxygen atoms in total. The highest BCUT2D eigenvalue weighted by molar-refractivity contribution is 5.95. The maximum Gasteiger partial charge on any atom is 0.410 e. The molecule has 0 saturated carbocycles. The van der Waals surface area contributed by atoms with Gasteiger partial charge >= 0.3 is 6.18 Å². The quantitative estimate of drug-likeness (QED) is 0.688. The number of nitrogens with zero attached hydrogens (tertiary/aromatic N) is 2. The first kappa shape index (κ1) is 23.6. The van der Waals surface area contributed by atoms with Crippen LogP contribution in [-0.4, -0.2) is 59.5 Å². The van der Waals surface area contributed by atoms with Crippen molar-refractivity contribution >= 4 is 17.5 Å². The Morgan fingerprint density at radius 3 is 2.19 bits per heavy atom. The molecule has 0 spiro atoms. The van der Waals surface area contributed by atoms with Crippen LogP contribution in [0.1, 0.15) is 40.1 Å². The fourth-order valence-electron chi connectivity index (χ4n) is 3.41. The molecule has 1 aliphatic rings. The predicted molar refractivity (Wildman–Crippen MR) is 116 cm³/mol. The number of anilines is 1. The Labute approximate surface area is 185 Å². The normalized spacial score (nSPS) is 15.5. The number of nitrogens with one attached hydrogen (secondary N) is 1. The van der Waals surface area contributed by atoms with Crippen molar-refractivity contribution in [1.82, 2.24) is 15.1 Å². The molecule has 0 aromatic heterocycles. The largest absolute Gasteiger partial charge is 0.410 e. The minimum absolute atomic E-state index is 0.0457. The van der Waals surface area contributed by atoms with Crippen LogP contribution in [0.4, 0.5) is 18.9 Å². The second-order valence-corrected chi connectivity index (χ2v) is 8.47. The lowest BCUT2D eigenvalue weighted by molar-refractivity contribution is -0.182. The molecule has 32 heavy (non-hydrogen) atoms. The molecule has 1 aliphatic heterocycles. The van der Waals surface area contributed by atoms with Gasteiger partial charge in [0.15, 0.2) is 0 Å². The van der Waals surface area contributed by atoms with Gasteiger partial charge in [-0.1, -0.05) is 12.1 Å². The summed E-state index contributed by atoms with van der Waals surface area (Å²) in [5, 5.41) is 2.05. The smallest absolute Gasteiger partial charge is 0.399 e. The molecule has 0 unspecified atom stereocenters. The molecule has 0 atom stereocenters. The number of hydrogen-bond acceptors (Lipinski definition) is 4. The van der Waals surface area contributed by atoms with Crippen LogP contribution in [0.2, 0.25) is 0 Å². The van der Waals surface area contributed by atoms with Crippen LogP contribution in [0.3, 0.4) is 0 Å². The van der Waals surface area contributed by atoms with Gasteiger partial charge in [-0.3, -0.25) is 14.5 Å². The van der Waals surface area contributed by atoms with E-state index in [1.54, 1.807) is 41.3 Å². The third kappa shape index (κ3) is 5.59. The third-order valence-corrected chi connectivity index (χ3v) is 5.55. The van der Waals surface area contributed by atoms with Gasteiger partial charge in [0, 0.05) is 49.5 Å². The molecule has 0 aliphatic carbocycles. The van der Waals surface area contributed by atoms with Crippen LogP contribution in [-0.2, 0) is 6.54 Å². The summed E-state index contributed by atoms with van der Waals surface area (Å²) in [6, 6.07) is 13.4.